The monoisotopic (exact) mass is 429 g/mol. The van der Waals surface area contributed by atoms with Gasteiger partial charge in [0.05, 0.1) is 39.4 Å². The Morgan fingerprint density at radius 1 is 1.16 bits per heavy atom. The number of hydrogen-bond acceptors (Lipinski definition) is 5. The first-order valence-electron chi connectivity index (χ1n) is 10.2. The second-order valence-corrected chi connectivity index (χ2v) is 8.83. The first-order chi connectivity index (χ1) is 14.9. The molecule has 4 aromatic rings. The number of carbonyl (C=O) groups is 1. The summed E-state index contributed by atoms with van der Waals surface area (Å²) in [6.45, 7) is 8.02. The van der Waals surface area contributed by atoms with Crippen LogP contribution in [0.15, 0.2) is 54.0 Å². The van der Waals surface area contributed by atoms with E-state index in [9.17, 15) is 10.1 Å². The number of fused-ring (bicyclic) bond motifs is 1. The smallest absolute Gasteiger partial charge is 0.259 e. The Balaban J connectivity index is 1.92. The highest BCUT2D eigenvalue weighted by atomic mass is 32.1. The summed E-state index contributed by atoms with van der Waals surface area (Å²) < 4.78 is 1.85. The molecule has 0 bridgehead atoms. The lowest BCUT2D eigenvalue weighted by Gasteiger charge is -2.27. The van der Waals surface area contributed by atoms with Crippen LogP contribution in [0.5, 0.6) is 0 Å². The van der Waals surface area contributed by atoms with Gasteiger partial charge in [-0.3, -0.25) is 4.79 Å². The summed E-state index contributed by atoms with van der Waals surface area (Å²) in [5.74, 6) is -0.140. The maximum Gasteiger partial charge on any atom is 0.259 e. The molecular weight excluding hydrogens is 406 g/mol. The number of benzene rings is 1. The van der Waals surface area contributed by atoms with Crippen LogP contribution >= 0.6 is 11.3 Å². The maximum absolute atomic E-state index is 13.9. The van der Waals surface area contributed by atoms with Crippen molar-refractivity contribution in [1.29, 1.82) is 5.26 Å². The van der Waals surface area contributed by atoms with Gasteiger partial charge in [-0.1, -0.05) is 12.1 Å². The molecule has 0 aliphatic carbocycles. The average molecular weight is 430 g/mol. The lowest BCUT2D eigenvalue weighted by molar-refractivity contribution is 0.0982. The lowest BCUT2D eigenvalue weighted by atomic mass is 10.1. The minimum atomic E-state index is -0.140. The fourth-order valence-electron chi connectivity index (χ4n) is 3.63. The number of thiophene rings is 1. The second kappa shape index (κ2) is 8.32. The molecule has 0 aliphatic rings. The SMILES string of the molecule is CC(C)N(C(=O)c1cc(-c2cccs2)nc2c1cnn2C(C)C)c1cccc(C#N)c1. The molecule has 1 aromatic carbocycles. The van der Waals surface area contributed by atoms with E-state index in [4.69, 9.17) is 4.98 Å². The van der Waals surface area contributed by atoms with Crippen LogP contribution in [0.1, 0.15) is 49.7 Å². The Hall–Kier alpha value is -3.50. The van der Waals surface area contributed by atoms with Crippen molar-refractivity contribution in [2.45, 2.75) is 39.8 Å². The highest BCUT2D eigenvalue weighted by Crippen LogP contribution is 2.31. The average Bonchev–Trinajstić information content (AvgIpc) is 3.43. The van der Waals surface area contributed by atoms with E-state index in [1.165, 1.54) is 0 Å². The predicted octanol–water partition coefficient (Wildman–Crippen LogP) is 5.67. The van der Waals surface area contributed by atoms with Gasteiger partial charge in [-0.15, -0.1) is 11.3 Å². The highest BCUT2D eigenvalue weighted by Gasteiger charge is 2.26. The predicted molar refractivity (Wildman–Crippen MR) is 124 cm³/mol. The molecule has 3 aromatic heterocycles. The summed E-state index contributed by atoms with van der Waals surface area (Å²) in [6, 6.07) is 15.1. The van der Waals surface area contributed by atoms with Gasteiger partial charge in [-0.2, -0.15) is 10.4 Å². The Bertz CT molecular complexity index is 1280. The van der Waals surface area contributed by atoms with Crippen LogP contribution in [0, 0.1) is 11.3 Å². The van der Waals surface area contributed by atoms with Crippen LogP contribution in [0.25, 0.3) is 21.6 Å². The quantitative estimate of drug-likeness (QED) is 0.410. The van der Waals surface area contributed by atoms with E-state index in [0.717, 1.165) is 16.0 Å². The van der Waals surface area contributed by atoms with Crippen LogP contribution in [-0.4, -0.2) is 26.7 Å². The molecule has 0 fully saturated rings. The molecule has 0 radical (unpaired) electrons. The number of aromatic nitrogens is 3. The molecule has 156 valence electrons. The molecule has 4 rings (SSSR count). The molecule has 0 spiro atoms. The van der Waals surface area contributed by atoms with Gasteiger partial charge in [0.1, 0.15) is 0 Å². The zero-order chi connectivity index (χ0) is 22.1. The third kappa shape index (κ3) is 3.82. The largest absolute Gasteiger partial charge is 0.306 e. The van der Waals surface area contributed by atoms with Gasteiger partial charge >= 0.3 is 0 Å². The Labute approximate surface area is 185 Å². The molecule has 7 heteroatoms. The summed E-state index contributed by atoms with van der Waals surface area (Å²) in [6.07, 6.45) is 1.72. The maximum atomic E-state index is 13.9. The van der Waals surface area contributed by atoms with Gasteiger partial charge in [0, 0.05) is 17.8 Å². The third-order valence-electron chi connectivity index (χ3n) is 5.05. The van der Waals surface area contributed by atoms with Crippen molar-refractivity contribution in [3.63, 3.8) is 0 Å². The molecule has 0 saturated carbocycles. The molecule has 0 atom stereocenters. The second-order valence-electron chi connectivity index (χ2n) is 7.88. The number of amides is 1. The minimum Gasteiger partial charge on any atom is -0.306 e. The van der Waals surface area contributed by atoms with Gasteiger partial charge in [-0.05, 0) is 63.4 Å². The van der Waals surface area contributed by atoms with Crippen molar-refractivity contribution in [1.82, 2.24) is 14.8 Å². The van der Waals surface area contributed by atoms with Crippen molar-refractivity contribution in [2.24, 2.45) is 0 Å². The summed E-state index contributed by atoms with van der Waals surface area (Å²) in [5, 5.41) is 16.5. The zero-order valence-corrected chi connectivity index (χ0v) is 18.7. The first kappa shape index (κ1) is 20.8. The van der Waals surface area contributed by atoms with E-state index in [2.05, 4.69) is 11.2 Å². The number of nitriles is 1. The molecule has 0 aliphatic heterocycles. The van der Waals surface area contributed by atoms with E-state index in [1.807, 2.05) is 62.0 Å². The number of pyridine rings is 1. The normalized spacial score (nSPS) is 11.3. The van der Waals surface area contributed by atoms with Crippen LogP contribution in [0.2, 0.25) is 0 Å². The van der Waals surface area contributed by atoms with E-state index in [-0.39, 0.29) is 18.0 Å². The highest BCUT2D eigenvalue weighted by molar-refractivity contribution is 7.13. The number of nitrogens with zero attached hydrogens (tertiary/aromatic N) is 5. The molecule has 31 heavy (non-hydrogen) atoms. The van der Waals surface area contributed by atoms with Crippen LogP contribution in [0.4, 0.5) is 5.69 Å². The standard InChI is InChI=1S/C24H23N5OS/c1-15(2)28(18-8-5-7-17(11-18)13-25)24(30)19-12-21(22-9-6-10-31-22)27-23-20(19)14-26-29(23)16(3)4/h5-12,14-16H,1-4H3. The van der Waals surface area contributed by atoms with E-state index in [0.29, 0.717) is 22.5 Å². The van der Waals surface area contributed by atoms with Gasteiger partial charge in [0.25, 0.3) is 5.91 Å². The van der Waals surface area contributed by atoms with Crippen molar-refractivity contribution in [3.8, 4) is 16.6 Å². The Kier molecular flexibility index (Phi) is 5.57. The molecule has 0 saturated heterocycles. The van der Waals surface area contributed by atoms with Crippen molar-refractivity contribution in [3.05, 3.63) is 65.2 Å². The molecule has 0 unspecified atom stereocenters. The van der Waals surface area contributed by atoms with E-state index in [1.54, 1.807) is 40.6 Å². The summed E-state index contributed by atoms with van der Waals surface area (Å²) in [4.78, 5) is 21.4. The zero-order valence-electron chi connectivity index (χ0n) is 17.9. The summed E-state index contributed by atoms with van der Waals surface area (Å²) in [5.41, 5.74) is 3.21. The minimum absolute atomic E-state index is 0.102. The third-order valence-corrected chi connectivity index (χ3v) is 5.94. The van der Waals surface area contributed by atoms with E-state index < -0.39 is 0 Å². The number of carbonyl (C=O) groups excluding carboxylic acids is 1. The summed E-state index contributed by atoms with van der Waals surface area (Å²) in [7, 11) is 0. The van der Waals surface area contributed by atoms with Crippen LogP contribution in [-0.2, 0) is 0 Å². The first-order valence-corrected chi connectivity index (χ1v) is 11.0. The molecular formula is C24H23N5OS. The van der Waals surface area contributed by atoms with Gasteiger partial charge in [-0.25, -0.2) is 9.67 Å². The fraction of sp³-hybridized carbons (Fsp3) is 0.250. The summed E-state index contributed by atoms with van der Waals surface area (Å²) >= 11 is 1.58. The van der Waals surface area contributed by atoms with Crippen LogP contribution < -0.4 is 4.90 Å². The Morgan fingerprint density at radius 3 is 2.61 bits per heavy atom. The van der Waals surface area contributed by atoms with Crippen molar-refractivity contribution < 1.29 is 4.79 Å². The number of hydrogen-bond donors (Lipinski definition) is 0. The van der Waals surface area contributed by atoms with Crippen molar-refractivity contribution in [2.75, 3.05) is 4.90 Å². The fourth-order valence-corrected chi connectivity index (χ4v) is 4.31. The lowest BCUT2D eigenvalue weighted by Crippen LogP contribution is -2.37. The molecule has 0 N–H and O–H groups in total. The number of anilines is 1. The number of rotatable bonds is 5. The topological polar surface area (TPSA) is 74.8 Å². The van der Waals surface area contributed by atoms with Gasteiger partial charge < -0.3 is 4.90 Å². The Morgan fingerprint density at radius 2 is 1.97 bits per heavy atom. The molecule has 6 nitrogen and oxygen atoms in total. The van der Waals surface area contributed by atoms with Crippen LogP contribution in [0.3, 0.4) is 0 Å². The molecule has 1 amide bonds. The van der Waals surface area contributed by atoms with Crippen molar-refractivity contribution >= 4 is 34.0 Å². The van der Waals surface area contributed by atoms with Gasteiger partial charge in [0.15, 0.2) is 5.65 Å². The van der Waals surface area contributed by atoms with Gasteiger partial charge in [0.2, 0.25) is 0 Å². The van der Waals surface area contributed by atoms with E-state index >= 15 is 0 Å². The molecule has 3 heterocycles.